The summed E-state index contributed by atoms with van der Waals surface area (Å²) in [4.78, 5) is 32.3. The van der Waals surface area contributed by atoms with E-state index in [2.05, 4.69) is 38.2 Å². The van der Waals surface area contributed by atoms with E-state index in [9.17, 15) is 9.59 Å². The molecule has 2 aliphatic heterocycles. The Morgan fingerprint density at radius 3 is 2.24 bits per heavy atom. The lowest BCUT2D eigenvalue weighted by molar-refractivity contribution is -0.129. The predicted molar refractivity (Wildman–Crippen MR) is 149 cm³/mol. The summed E-state index contributed by atoms with van der Waals surface area (Å²) in [5, 5.41) is 3.64. The van der Waals surface area contributed by atoms with Gasteiger partial charge in [-0.05, 0) is 50.1 Å². The molecule has 2 heterocycles. The Hall–Kier alpha value is -3.86. The van der Waals surface area contributed by atoms with Gasteiger partial charge in [0.25, 0.3) is 11.8 Å². The molecule has 37 heavy (non-hydrogen) atoms. The molecule has 190 valence electrons. The van der Waals surface area contributed by atoms with Crippen LogP contribution in [0.25, 0.3) is 0 Å². The normalized spacial score (nSPS) is 18.2. The van der Waals surface area contributed by atoms with Crippen LogP contribution >= 0.6 is 0 Å². The Morgan fingerprint density at radius 2 is 1.54 bits per heavy atom. The molecule has 3 aromatic rings. The van der Waals surface area contributed by atoms with Crippen LogP contribution in [-0.4, -0.2) is 28.3 Å². The molecule has 3 aromatic carbocycles. The average Bonchev–Trinajstić information content (AvgIpc) is 3.02. The molecule has 0 fully saturated rings. The number of unbranched alkanes of at least 4 members (excludes halogenated alkanes) is 2. The molecular formula is C32H35N3O2. The molecule has 5 heteroatoms. The molecule has 2 aliphatic rings. The lowest BCUT2D eigenvalue weighted by Gasteiger charge is -2.36. The van der Waals surface area contributed by atoms with Gasteiger partial charge in [0.05, 0.1) is 34.2 Å². The van der Waals surface area contributed by atoms with Crippen LogP contribution in [0.2, 0.25) is 0 Å². The van der Waals surface area contributed by atoms with Crippen molar-refractivity contribution < 1.29 is 9.59 Å². The van der Waals surface area contributed by atoms with Crippen molar-refractivity contribution in [2.75, 3.05) is 10.2 Å². The Bertz CT molecular complexity index is 1310. The van der Waals surface area contributed by atoms with Gasteiger partial charge in [-0.2, -0.15) is 0 Å². The summed E-state index contributed by atoms with van der Waals surface area (Å²) in [5.74, 6) is -0.0891. The van der Waals surface area contributed by atoms with E-state index in [1.807, 2.05) is 82.6 Å². The topological polar surface area (TPSA) is 52.7 Å². The monoisotopic (exact) mass is 493 g/mol. The van der Waals surface area contributed by atoms with E-state index in [-0.39, 0.29) is 17.9 Å². The number of hydrogen-bond acceptors (Lipinski definition) is 3. The van der Waals surface area contributed by atoms with Crippen molar-refractivity contribution in [3.63, 3.8) is 0 Å². The van der Waals surface area contributed by atoms with Gasteiger partial charge in [-0.25, -0.2) is 0 Å². The molecule has 0 saturated carbocycles. The number of amides is 2. The van der Waals surface area contributed by atoms with Crippen LogP contribution in [0.4, 0.5) is 11.4 Å². The maximum atomic E-state index is 14.3. The van der Waals surface area contributed by atoms with Gasteiger partial charge in [0.2, 0.25) is 0 Å². The number of benzene rings is 3. The molecule has 1 unspecified atom stereocenters. The fraction of sp³-hybridized carbons (Fsp3) is 0.312. The van der Waals surface area contributed by atoms with E-state index in [1.165, 1.54) is 0 Å². The van der Waals surface area contributed by atoms with Crippen molar-refractivity contribution in [1.82, 2.24) is 4.90 Å². The third-order valence-corrected chi connectivity index (χ3v) is 7.60. The molecule has 0 radical (unpaired) electrons. The molecular weight excluding hydrogens is 458 g/mol. The third kappa shape index (κ3) is 4.55. The molecule has 5 rings (SSSR count). The van der Waals surface area contributed by atoms with E-state index in [1.54, 1.807) is 0 Å². The minimum atomic E-state index is -0.565. The number of para-hydroxylation sites is 2. The van der Waals surface area contributed by atoms with Crippen LogP contribution in [-0.2, 0) is 11.3 Å². The largest absolute Gasteiger partial charge is 0.355 e. The summed E-state index contributed by atoms with van der Waals surface area (Å²) in [6.07, 6.45) is 3.78. The van der Waals surface area contributed by atoms with Crippen LogP contribution in [0.15, 0.2) is 96.2 Å². The van der Waals surface area contributed by atoms with E-state index in [0.29, 0.717) is 17.7 Å². The Labute approximate surface area is 219 Å². The van der Waals surface area contributed by atoms with Crippen LogP contribution in [0.5, 0.6) is 0 Å². The van der Waals surface area contributed by atoms with Gasteiger partial charge in [-0.1, -0.05) is 86.8 Å². The van der Waals surface area contributed by atoms with Crippen molar-refractivity contribution in [3.05, 3.63) is 107 Å². The number of hydrogen-bond donors (Lipinski definition) is 1. The van der Waals surface area contributed by atoms with E-state index in [0.717, 1.165) is 48.3 Å². The summed E-state index contributed by atoms with van der Waals surface area (Å²) in [7, 11) is 0. The molecule has 5 nitrogen and oxygen atoms in total. The van der Waals surface area contributed by atoms with Crippen molar-refractivity contribution in [2.45, 2.75) is 64.6 Å². The van der Waals surface area contributed by atoms with E-state index >= 15 is 0 Å². The van der Waals surface area contributed by atoms with Gasteiger partial charge >= 0.3 is 0 Å². The standard InChI is InChI=1S/C32H35N3O2/c1-4-5-8-21-27-28-29(32(2,3)34(31(28)37)22-23-15-9-6-10-16-23)33-25-19-13-14-20-26(25)35(27)30(36)24-17-11-7-12-18-24/h6-7,9-20,27,33H,4-5,8,21-22H2,1-3H3. The molecule has 0 saturated heterocycles. The summed E-state index contributed by atoms with van der Waals surface area (Å²) < 4.78 is 0. The number of fused-ring (bicyclic) bond motifs is 1. The molecule has 0 aromatic heterocycles. The van der Waals surface area contributed by atoms with E-state index < -0.39 is 5.54 Å². The smallest absolute Gasteiger partial charge is 0.258 e. The fourth-order valence-electron chi connectivity index (χ4n) is 5.59. The molecule has 0 bridgehead atoms. The number of carbonyl (C=O) groups excluding carboxylic acids is 2. The first kappa shape index (κ1) is 24.8. The molecule has 2 amide bonds. The van der Waals surface area contributed by atoms with Crippen LogP contribution in [0, 0.1) is 0 Å². The number of nitrogens with zero attached hydrogens (tertiary/aromatic N) is 2. The second-order valence-electron chi connectivity index (χ2n) is 10.4. The molecule has 0 aliphatic carbocycles. The van der Waals surface area contributed by atoms with Crippen molar-refractivity contribution in [2.24, 2.45) is 0 Å². The number of anilines is 2. The highest BCUT2D eigenvalue weighted by atomic mass is 16.2. The lowest BCUT2D eigenvalue weighted by Crippen LogP contribution is -2.46. The van der Waals surface area contributed by atoms with Gasteiger partial charge in [-0.15, -0.1) is 0 Å². The molecule has 1 N–H and O–H groups in total. The summed E-state index contributed by atoms with van der Waals surface area (Å²) in [5.41, 5.74) is 4.40. The maximum absolute atomic E-state index is 14.3. The summed E-state index contributed by atoms with van der Waals surface area (Å²) >= 11 is 0. The summed E-state index contributed by atoms with van der Waals surface area (Å²) in [6.45, 7) is 6.89. The zero-order valence-electron chi connectivity index (χ0n) is 21.9. The predicted octanol–water partition coefficient (Wildman–Crippen LogP) is 6.78. The Balaban J connectivity index is 1.65. The first-order valence-electron chi connectivity index (χ1n) is 13.3. The van der Waals surface area contributed by atoms with Crippen molar-refractivity contribution in [3.8, 4) is 0 Å². The highest BCUT2D eigenvalue weighted by Crippen LogP contribution is 2.46. The second kappa shape index (κ2) is 10.3. The number of carbonyl (C=O) groups is 2. The van der Waals surface area contributed by atoms with Crippen molar-refractivity contribution >= 4 is 23.2 Å². The summed E-state index contributed by atoms with van der Waals surface area (Å²) in [6, 6.07) is 27.0. The zero-order valence-corrected chi connectivity index (χ0v) is 21.9. The minimum absolute atomic E-state index is 0.00322. The molecule has 0 spiro atoms. The second-order valence-corrected chi connectivity index (χ2v) is 10.4. The first-order chi connectivity index (χ1) is 17.9. The minimum Gasteiger partial charge on any atom is -0.355 e. The van der Waals surface area contributed by atoms with Gasteiger partial charge in [0.1, 0.15) is 0 Å². The molecule has 1 atom stereocenters. The third-order valence-electron chi connectivity index (χ3n) is 7.60. The van der Waals surface area contributed by atoms with Crippen LogP contribution < -0.4 is 10.2 Å². The van der Waals surface area contributed by atoms with Gasteiger partial charge in [0, 0.05) is 12.1 Å². The zero-order chi connectivity index (χ0) is 26.0. The van der Waals surface area contributed by atoms with E-state index in [4.69, 9.17) is 0 Å². The van der Waals surface area contributed by atoms with Gasteiger partial charge < -0.3 is 10.2 Å². The number of rotatable bonds is 7. The average molecular weight is 494 g/mol. The fourth-order valence-corrected chi connectivity index (χ4v) is 5.59. The maximum Gasteiger partial charge on any atom is 0.258 e. The van der Waals surface area contributed by atoms with Crippen LogP contribution in [0.1, 0.15) is 62.4 Å². The van der Waals surface area contributed by atoms with Gasteiger partial charge in [-0.3, -0.25) is 14.5 Å². The Kier molecular flexibility index (Phi) is 6.88. The SMILES string of the molecule is CCCCCC1C2=C(Nc3ccccc3N1C(=O)c1ccccc1)C(C)(C)N(Cc1ccccc1)C2=O. The first-order valence-corrected chi connectivity index (χ1v) is 13.3. The highest BCUT2D eigenvalue weighted by Gasteiger charge is 2.51. The Morgan fingerprint density at radius 1 is 0.892 bits per heavy atom. The van der Waals surface area contributed by atoms with Gasteiger partial charge in [0.15, 0.2) is 0 Å². The quantitative estimate of drug-likeness (QED) is 0.369. The lowest BCUT2D eigenvalue weighted by atomic mass is 9.93. The van der Waals surface area contributed by atoms with Crippen LogP contribution in [0.3, 0.4) is 0 Å². The number of nitrogens with one attached hydrogen (secondary N) is 1. The van der Waals surface area contributed by atoms with Crippen molar-refractivity contribution in [1.29, 1.82) is 0 Å². The highest BCUT2D eigenvalue weighted by molar-refractivity contribution is 6.12.